The van der Waals surface area contributed by atoms with Crippen molar-refractivity contribution in [3.8, 4) is 17.6 Å². The number of amidine groups is 1. The maximum atomic E-state index is 13.4. The zero-order valence-electron chi connectivity index (χ0n) is 17.8. The average Bonchev–Trinajstić information content (AvgIpc) is 3.43. The summed E-state index contributed by atoms with van der Waals surface area (Å²) in [5.41, 5.74) is 4.72. The van der Waals surface area contributed by atoms with Crippen LogP contribution in [0.25, 0.3) is 6.08 Å². The lowest BCUT2D eigenvalue weighted by Crippen LogP contribution is -2.30. The van der Waals surface area contributed by atoms with Gasteiger partial charge in [-0.2, -0.15) is 5.26 Å². The van der Waals surface area contributed by atoms with Crippen LogP contribution >= 0.6 is 11.8 Å². The summed E-state index contributed by atoms with van der Waals surface area (Å²) in [6.45, 7) is 2.21. The van der Waals surface area contributed by atoms with Crippen LogP contribution in [-0.4, -0.2) is 17.9 Å². The molecule has 0 aromatic heterocycles. The molecular formula is C26H19N3O3S. The molecule has 2 aliphatic heterocycles. The van der Waals surface area contributed by atoms with E-state index in [0.29, 0.717) is 33.7 Å². The standard InChI is InChI=1S/C26H19N3O3S/c1-17-2-9-21(10-3-17)29-25(30)22(12-20-8-11-23-24(13-20)32-16-31-23)28-26(29)33-15-19-6-4-18(14-27)5-7-19/h2-13H,15-16H2,1H3/b22-12-. The highest BCUT2D eigenvalue weighted by Crippen LogP contribution is 2.35. The lowest BCUT2D eigenvalue weighted by atomic mass is 10.1. The van der Waals surface area contributed by atoms with Crippen LogP contribution in [0.3, 0.4) is 0 Å². The van der Waals surface area contributed by atoms with Gasteiger partial charge in [-0.3, -0.25) is 9.69 Å². The third-order valence-electron chi connectivity index (χ3n) is 5.27. The Bertz CT molecular complexity index is 1320. The molecule has 7 heteroatoms. The first-order valence-corrected chi connectivity index (χ1v) is 11.3. The highest BCUT2D eigenvalue weighted by atomic mass is 32.2. The minimum absolute atomic E-state index is 0.182. The Morgan fingerprint density at radius 3 is 2.58 bits per heavy atom. The van der Waals surface area contributed by atoms with E-state index in [2.05, 4.69) is 11.1 Å². The van der Waals surface area contributed by atoms with E-state index in [0.717, 1.165) is 22.4 Å². The fourth-order valence-corrected chi connectivity index (χ4v) is 4.47. The van der Waals surface area contributed by atoms with Gasteiger partial charge in [0, 0.05) is 5.75 Å². The number of hydrogen-bond acceptors (Lipinski definition) is 6. The first kappa shape index (κ1) is 20.9. The number of fused-ring (bicyclic) bond motifs is 1. The SMILES string of the molecule is Cc1ccc(N2C(=O)/C(=C/c3ccc4c(c3)OCO4)N=C2SCc2ccc(C#N)cc2)cc1. The van der Waals surface area contributed by atoms with Crippen LogP contribution in [-0.2, 0) is 10.5 Å². The van der Waals surface area contributed by atoms with Crippen molar-refractivity contribution >= 4 is 34.6 Å². The van der Waals surface area contributed by atoms with Crippen LogP contribution in [0.1, 0.15) is 22.3 Å². The van der Waals surface area contributed by atoms with Crippen molar-refractivity contribution in [2.45, 2.75) is 12.7 Å². The Hall–Kier alpha value is -4.02. The van der Waals surface area contributed by atoms with E-state index in [1.165, 1.54) is 11.8 Å². The molecule has 1 amide bonds. The Labute approximate surface area is 195 Å². The molecular weight excluding hydrogens is 434 g/mol. The number of carbonyl (C=O) groups is 1. The summed E-state index contributed by atoms with van der Waals surface area (Å²) in [4.78, 5) is 19.7. The van der Waals surface area contributed by atoms with E-state index in [9.17, 15) is 4.79 Å². The monoisotopic (exact) mass is 453 g/mol. The number of rotatable bonds is 4. The number of anilines is 1. The molecule has 0 N–H and O–H groups in total. The van der Waals surface area contributed by atoms with Crippen LogP contribution in [0.15, 0.2) is 77.4 Å². The molecule has 6 nitrogen and oxygen atoms in total. The second kappa shape index (κ2) is 8.85. The van der Waals surface area contributed by atoms with E-state index < -0.39 is 0 Å². The maximum absolute atomic E-state index is 13.4. The summed E-state index contributed by atoms with van der Waals surface area (Å²) in [7, 11) is 0. The number of aliphatic imine (C=N–C) groups is 1. The molecule has 33 heavy (non-hydrogen) atoms. The Morgan fingerprint density at radius 2 is 1.82 bits per heavy atom. The smallest absolute Gasteiger partial charge is 0.283 e. The summed E-state index contributed by atoms with van der Waals surface area (Å²) >= 11 is 1.48. The summed E-state index contributed by atoms with van der Waals surface area (Å²) in [6.07, 6.45) is 1.76. The number of nitrogens with zero attached hydrogens (tertiary/aromatic N) is 3. The number of nitriles is 1. The van der Waals surface area contributed by atoms with E-state index in [1.807, 2.05) is 61.5 Å². The molecule has 0 saturated heterocycles. The summed E-state index contributed by atoms with van der Waals surface area (Å²) in [5.74, 6) is 1.79. The molecule has 0 saturated carbocycles. The van der Waals surface area contributed by atoms with Crippen LogP contribution in [0.5, 0.6) is 11.5 Å². The van der Waals surface area contributed by atoms with Gasteiger partial charge in [0.05, 0.1) is 17.3 Å². The lowest BCUT2D eigenvalue weighted by molar-refractivity contribution is -0.113. The van der Waals surface area contributed by atoms with Gasteiger partial charge >= 0.3 is 0 Å². The maximum Gasteiger partial charge on any atom is 0.283 e. The Kier molecular flexibility index (Phi) is 5.59. The molecule has 3 aromatic rings. The molecule has 0 bridgehead atoms. The summed E-state index contributed by atoms with van der Waals surface area (Å²) in [5, 5.41) is 9.61. The molecule has 3 aromatic carbocycles. The van der Waals surface area contributed by atoms with E-state index in [-0.39, 0.29) is 12.7 Å². The zero-order chi connectivity index (χ0) is 22.8. The number of hydrogen-bond donors (Lipinski definition) is 0. The quantitative estimate of drug-likeness (QED) is 0.503. The zero-order valence-corrected chi connectivity index (χ0v) is 18.6. The second-order valence-electron chi connectivity index (χ2n) is 7.61. The highest BCUT2D eigenvalue weighted by molar-refractivity contribution is 8.13. The number of benzene rings is 3. The Morgan fingerprint density at radius 1 is 1.06 bits per heavy atom. The molecule has 162 valence electrons. The Balaban J connectivity index is 1.45. The fraction of sp³-hybridized carbons (Fsp3) is 0.115. The molecule has 0 aliphatic carbocycles. The molecule has 0 atom stereocenters. The van der Waals surface area contributed by atoms with E-state index in [1.54, 1.807) is 23.1 Å². The topological polar surface area (TPSA) is 74.9 Å². The fourth-order valence-electron chi connectivity index (χ4n) is 3.50. The van der Waals surface area contributed by atoms with Gasteiger partial charge in [0.2, 0.25) is 6.79 Å². The predicted molar refractivity (Wildman–Crippen MR) is 129 cm³/mol. The number of ether oxygens (including phenoxy) is 2. The average molecular weight is 454 g/mol. The largest absolute Gasteiger partial charge is 0.454 e. The first-order chi connectivity index (χ1) is 16.1. The van der Waals surface area contributed by atoms with Crippen LogP contribution in [0, 0.1) is 18.3 Å². The molecule has 0 unspecified atom stereocenters. The van der Waals surface area contributed by atoms with Crippen LogP contribution in [0.4, 0.5) is 5.69 Å². The lowest BCUT2D eigenvalue weighted by Gasteiger charge is -2.18. The molecule has 0 radical (unpaired) electrons. The molecule has 2 aliphatic rings. The van der Waals surface area contributed by atoms with Gasteiger partial charge < -0.3 is 9.47 Å². The van der Waals surface area contributed by atoms with Gasteiger partial charge in [0.25, 0.3) is 5.91 Å². The normalized spacial score (nSPS) is 15.6. The van der Waals surface area contributed by atoms with E-state index >= 15 is 0 Å². The molecule has 0 fully saturated rings. The van der Waals surface area contributed by atoms with Gasteiger partial charge in [-0.05, 0) is 60.5 Å². The first-order valence-electron chi connectivity index (χ1n) is 10.3. The van der Waals surface area contributed by atoms with Gasteiger partial charge in [-0.25, -0.2) is 4.99 Å². The predicted octanol–water partition coefficient (Wildman–Crippen LogP) is 5.27. The summed E-state index contributed by atoms with van der Waals surface area (Å²) < 4.78 is 10.8. The third-order valence-corrected chi connectivity index (χ3v) is 6.28. The molecule has 0 spiro atoms. The van der Waals surface area contributed by atoms with Crippen LogP contribution < -0.4 is 14.4 Å². The van der Waals surface area contributed by atoms with Crippen molar-refractivity contribution in [1.29, 1.82) is 5.26 Å². The van der Waals surface area contributed by atoms with E-state index in [4.69, 9.17) is 14.7 Å². The van der Waals surface area contributed by atoms with Gasteiger partial charge in [-0.1, -0.05) is 47.7 Å². The minimum atomic E-state index is -0.182. The molecule has 2 heterocycles. The minimum Gasteiger partial charge on any atom is -0.454 e. The van der Waals surface area contributed by atoms with Crippen molar-refractivity contribution in [3.63, 3.8) is 0 Å². The highest BCUT2D eigenvalue weighted by Gasteiger charge is 2.32. The van der Waals surface area contributed by atoms with Crippen LogP contribution in [0.2, 0.25) is 0 Å². The van der Waals surface area contributed by atoms with Gasteiger partial charge in [-0.15, -0.1) is 0 Å². The summed E-state index contributed by atoms with van der Waals surface area (Å²) in [6, 6.07) is 22.9. The number of amides is 1. The third kappa shape index (κ3) is 4.34. The van der Waals surface area contributed by atoms with Crippen molar-refractivity contribution in [2.75, 3.05) is 11.7 Å². The van der Waals surface area contributed by atoms with Crippen molar-refractivity contribution < 1.29 is 14.3 Å². The number of aryl methyl sites for hydroxylation is 1. The van der Waals surface area contributed by atoms with Crippen molar-refractivity contribution in [1.82, 2.24) is 0 Å². The number of carbonyl (C=O) groups excluding carboxylic acids is 1. The van der Waals surface area contributed by atoms with Gasteiger partial charge in [0.1, 0.15) is 5.70 Å². The number of thioether (sulfide) groups is 1. The van der Waals surface area contributed by atoms with Crippen molar-refractivity contribution in [2.24, 2.45) is 4.99 Å². The second-order valence-corrected chi connectivity index (χ2v) is 8.55. The van der Waals surface area contributed by atoms with Gasteiger partial charge in [0.15, 0.2) is 16.7 Å². The molecule has 5 rings (SSSR count). The van der Waals surface area contributed by atoms with Crippen molar-refractivity contribution in [3.05, 3.63) is 94.7 Å².